The summed E-state index contributed by atoms with van der Waals surface area (Å²) in [5.74, 6) is 5.98. The zero-order valence-electron chi connectivity index (χ0n) is 11.9. The summed E-state index contributed by atoms with van der Waals surface area (Å²) in [4.78, 5) is 16.3. The maximum absolute atomic E-state index is 12.7. The van der Waals surface area contributed by atoms with Crippen molar-refractivity contribution in [1.29, 1.82) is 0 Å². The van der Waals surface area contributed by atoms with Gasteiger partial charge in [0.2, 0.25) is 0 Å². The van der Waals surface area contributed by atoms with Gasteiger partial charge in [-0.05, 0) is 31.4 Å². The van der Waals surface area contributed by atoms with Crippen LogP contribution in [0.1, 0.15) is 40.2 Å². The van der Waals surface area contributed by atoms with Crippen LogP contribution in [0, 0.1) is 11.8 Å². The van der Waals surface area contributed by atoms with Crippen molar-refractivity contribution in [3.8, 4) is 11.8 Å². The maximum atomic E-state index is 12.7. The Balaban J connectivity index is 1.71. The largest absolute Gasteiger partial charge is 0.395 e. The molecule has 0 aromatic carbocycles. The fourth-order valence-corrected chi connectivity index (χ4v) is 3.88. The topological polar surface area (TPSA) is 49.8 Å². The van der Waals surface area contributed by atoms with Crippen LogP contribution in [-0.4, -0.2) is 47.8 Å². The van der Waals surface area contributed by atoms with Crippen LogP contribution in [0.2, 0.25) is 0 Å². The molecule has 0 bridgehead atoms. The van der Waals surface area contributed by atoms with Crippen LogP contribution in [0.4, 0.5) is 0 Å². The third-order valence-electron chi connectivity index (χ3n) is 4.01. The quantitative estimate of drug-likeness (QED) is 0.849. The molecule has 1 aromatic heterocycles. The lowest BCUT2D eigenvalue weighted by Gasteiger charge is -2.37. The van der Waals surface area contributed by atoms with Gasteiger partial charge in [0.15, 0.2) is 0 Å². The molecule has 2 heterocycles. The predicted molar refractivity (Wildman–Crippen MR) is 81.3 cm³/mol. The average Bonchev–Trinajstić information content (AvgIpc) is 3.15. The van der Waals surface area contributed by atoms with Gasteiger partial charge >= 0.3 is 0 Å². The van der Waals surface area contributed by atoms with Crippen LogP contribution in [-0.2, 0) is 4.74 Å². The molecule has 2 atom stereocenters. The molecule has 21 heavy (non-hydrogen) atoms. The lowest BCUT2D eigenvalue weighted by atomic mass is 10.1. The van der Waals surface area contributed by atoms with Crippen molar-refractivity contribution in [1.82, 2.24) is 4.90 Å². The minimum Gasteiger partial charge on any atom is -0.395 e. The van der Waals surface area contributed by atoms with Crippen molar-refractivity contribution in [3.05, 3.63) is 21.9 Å². The lowest BCUT2D eigenvalue weighted by Crippen LogP contribution is -2.51. The summed E-state index contributed by atoms with van der Waals surface area (Å²) >= 11 is 1.43. The summed E-state index contributed by atoms with van der Waals surface area (Å²) in [5, 5.41) is 8.72. The van der Waals surface area contributed by atoms with E-state index in [1.54, 1.807) is 0 Å². The van der Waals surface area contributed by atoms with Crippen molar-refractivity contribution >= 4 is 17.2 Å². The zero-order chi connectivity index (χ0) is 14.7. The molecular weight excluding hydrogens is 286 g/mol. The van der Waals surface area contributed by atoms with Crippen molar-refractivity contribution in [2.45, 2.75) is 37.8 Å². The van der Waals surface area contributed by atoms with E-state index in [0.717, 1.165) is 29.0 Å². The van der Waals surface area contributed by atoms with E-state index in [-0.39, 0.29) is 24.7 Å². The van der Waals surface area contributed by atoms with Gasteiger partial charge in [0, 0.05) is 13.0 Å². The van der Waals surface area contributed by atoms with E-state index in [9.17, 15) is 4.79 Å². The van der Waals surface area contributed by atoms with Crippen LogP contribution in [0.5, 0.6) is 0 Å². The summed E-state index contributed by atoms with van der Waals surface area (Å²) < 4.78 is 5.75. The number of carbonyl (C=O) groups excluding carboxylic acids is 1. The SMILES string of the molecule is O=C(c1ccc(C#CCCO)s1)N1CCOC2CCCC21. The fraction of sp³-hybridized carbons (Fsp3) is 0.562. The second kappa shape index (κ2) is 6.61. The van der Waals surface area contributed by atoms with Gasteiger partial charge in [-0.1, -0.05) is 11.8 Å². The maximum Gasteiger partial charge on any atom is 0.264 e. The minimum absolute atomic E-state index is 0.0704. The highest BCUT2D eigenvalue weighted by Crippen LogP contribution is 2.31. The van der Waals surface area contributed by atoms with Crippen LogP contribution in [0.25, 0.3) is 0 Å². The third-order valence-corrected chi connectivity index (χ3v) is 5.00. The molecule has 0 radical (unpaired) electrons. The molecule has 1 saturated heterocycles. The Morgan fingerprint density at radius 2 is 2.38 bits per heavy atom. The van der Waals surface area contributed by atoms with E-state index < -0.39 is 0 Å². The first kappa shape index (κ1) is 14.6. The Morgan fingerprint density at radius 3 is 3.24 bits per heavy atom. The van der Waals surface area contributed by atoms with Crippen LogP contribution in [0.3, 0.4) is 0 Å². The Labute approximate surface area is 128 Å². The number of fused-ring (bicyclic) bond motifs is 1. The average molecular weight is 305 g/mol. The molecule has 2 fully saturated rings. The number of aliphatic hydroxyl groups excluding tert-OH is 1. The van der Waals surface area contributed by atoms with Crippen LogP contribution >= 0.6 is 11.3 Å². The second-order valence-corrected chi connectivity index (χ2v) is 6.43. The molecule has 1 aromatic rings. The predicted octanol–water partition coefficient (Wildman–Crippen LogP) is 1.88. The molecule has 1 aliphatic carbocycles. The van der Waals surface area contributed by atoms with E-state index in [0.29, 0.717) is 19.6 Å². The molecule has 2 unspecified atom stereocenters. The van der Waals surface area contributed by atoms with Gasteiger partial charge in [-0.3, -0.25) is 4.79 Å². The summed E-state index contributed by atoms with van der Waals surface area (Å²) in [6, 6.07) is 3.99. The first-order chi connectivity index (χ1) is 10.3. The summed E-state index contributed by atoms with van der Waals surface area (Å²) in [5.41, 5.74) is 0. The van der Waals surface area contributed by atoms with Crippen LogP contribution in [0.15, 0.2) is 12.1 Å². The molecule has 112 valence electrons. The highest BCUT2D eigenvalue weighted by Gasteiger charge is 2.38. The Hall–Kier alpha value is -1.35. The highest BCUT2D eigenvalue weighted by molar-refractivity contribution is 7.14. The number of hydrogen-bond acceptors (Lipinski definition) is 4. The summed E-state index contributed by atoms with van der Waals surface area (Å²) in [6.45, 7) is 1.39. The van der Waals surface area contributed by atoms with Gasteiger partial charge in [-0.2, -0.15) is 0 Å². The summed E-state index contributed by atoms with van der Waals surface area (Å²) in [6.07, 6.45) is 3.95. The van der Waals surface area contributed by atoms with E-state index in [1.165, 1.54) is 11.3 Å². The van der Waals surface area contributed by atoms with Crippen LogP contribution < -0.4 is 0 Å². The number of thiophene rings is 1. The standard InChI is InChI=1S/C16H19NO3S/c18-10-2-1-4-12-7-8-15(21-12)16(19)17-9-11-20-14-6-3-5-13(14)17/h7-8,13-14,18H,2-3,5-6,9-11H2. The van der Waals surface area contributed by atoms with Gasteiger partial charge in [0.25, 0.3) is 5.91 Å². The van der Waals surface area contributed by atoms with Gasteiger partial charge in [0.05, 0.1) is 35.1 Å². The third kappa shape index (κ3) is 3.13. The second-order valence-electron chi connectivity index (χ2n) is 5.35. The molecule has 4 nitrogen and oxygen atoms in total. The zero-order valence-corrected chi connectivity index (χ0v) is 12.7. The Kier molecular flexibility index (Phi) is 4.59. The molecule has 1 amide bonds. The lowest BCUT2D eigenvalue weighted by molar-refractivity contribution is -0.0443. The minimum atomic E-state index is 0.0704. The monoisotopic (exact) mass is 305 g/mol. The van der Waals surface area contributed by atoms with E-state index in [2.05, 4.69) is 11.8 Å². The van der Waals surface area contributed by atoms with Gasteiger partial charge < -0.3 is 14.7 Å². The molecular formula is C16H19NO3S. The van der Waals surface area contributed by atoms with Crippen molar-refractivity contribution in [2.75, 3.05) is 19.8 Å². The molecule has 3 rings (SSSR count). The first-order valence-corrected chi connectivity index (χ1v) is 8.23. The normalized spacial score (nSPS) is 24.3. The molecule has 2 aliphatic rings. The number of aliphatic hydroxyl groups is 1. The number of ether oxygens (including phenoxy) is 1. The molecule has 1 saturated carbocycles. The highest BCUT2D eigenvalue weighted by atomic mass is 32.1. The number of amides is 1. The van der Waals surface area contributed by atoms with Gasteiger partial charge in [0.1, 0.15) is 0 Å². The van der Waals surface area contributed by atoms with Crippen molar-refractivity contribution in [3.63, 3.8) is 0 Å². The number of morpholine rings is 1. The number of rotatable bonds is 2. The fourth-order valence-electron chi connectivity index (χ4n) is 3.04. The molecule has 5 heteroatoms. The Morgan fingerprint density at radius 1 is 1.48 bits per heavy atom. The van der Waals surface area contributed by atoms with Crippen molar-refractivity contribution < 1.29 is 14.6 Å². The summed E-state index contributed by atoms with van der Waals surface area (Å²) in [7, 11) is 0. The molecule has 1 aliphatic heterocycles. The molecule has 0 spiro atoms. The van der Waals surface area contributed by atoms with E-state index in [1.807, 2.05) is 17.0 Å². The first-order valence-electron chi connectivity index (χ1n) is 7.42. The number of hydrogen-bond donors (Lipinski definition) is 1. The number of nitrogens with zero attached hydrogens (tertiary/aromatic N) is 1. The smallest absolute Gasteiger partial charge is 0.264 e. The van der Waals surface area contributed by atoms with Gasteiger partial charge in [-0.15, -0.1) is 11.3 Å². The number of carbonyl (C=O) groups is 1. The van der Waals surface area contributed by atoms with E-state index in [4.69, 9.17) is 9.84 Å². The van der Waals surface area contributed by atoms with Crippen molar-refractivity contribution in [2.24, 2.45) is 0 Å². The van der Waals surface area contributed by atoms with E-state index >= 15 is 0 Å². The molecule has 1 N–H and O–H groups in total. The van der Waals surface area contributed by atoms with Gasteiger partial charge in [-0.25, -0.2) is 0 Å². The Bertz CT molecular complexity index is 572.